The van der Waals surface area contributed by atoms with Crippen molar-refractivity contribution in [3.63, 3.8) is 0 Å². The van der Waals surface area contributed by atoms with Gasteiger partial charge in [-0.1, -0.05) is 48.5 Å². The van der Waals surface area contributed by atoms with Gasteiger partial charge in [0.05, 0.1) is 6.21 Å². The average molecular weight is 314 g/mol. The highest BCUT2D eigenvalue weighted by Crippen LogP contribution is 2.08. The number of benzene rings is 1. The predicted molar refractivity (Wildman–Crippen MR) is 92.1 cm³/mol. The molecule has 122 valence electrons. The van der Waals surface area contributed by atoms with Crippen LogP contribution in [-0.4, -0.2) is 12.3 Å². The monoisotopic (exact) mass is 314 g/mol. The van der Waals surface area contributed by atoms with E-state index in [0.717, 1.165) is 12.0 Å². The molecular weight excluding hydrogens is 292 g/mol. The van der Waals surface area contributed by atoms with Crippen LogP contribution in [0.1, 0.15) is 27.2 Å². The van der Waals surface area contributed by atoms with Crippen molar-refractivity contribution >= 4 is 12.3 Å². The van der Waals surface area contributed by atoms with Crippen molar-refractivity contribution in [2.24, 2.45) is 5.16 Å². The number of hydrogen-bond donors (Lipinski definition) is 1. The van der Waals surface area contributed by atoms with E-state index in [2.05, 4.69) is 10.5 Å². The van der Waals surface area contributed by atoms with Crippen LogP contribution in [0.2, 0.25) is 0 Å². The summed E-state index contributed by atoms with van der Waals surface area (Å²) in [6.07, 6.45) is 9.27. The van der Waals surface area contributed by atoms with Crippen molar-refractivity contribution in [1.29, 1.82) is 0 Å². The molecular formula is C18H22N2O3. The van der Waals surface area contributed by atoms with Gasteiger partial charge in [-0.15, -0.1) is 0 Å². The van der Waals surface area contributed by atoms with E-state index in [-0.39, 0.29) is 5.88 Å². The van der Waals surface area contributed by atoms with Gasteiger partial charge in [-0.05, 0) is 44.1 Å². The Morgan fingerprint density at radius 1 is 1.26 bits per heavy atom. The van der Waals surface area contributed by atoms with Crippen molar-refractivity contribution in [2.45, 2.75) is 27.2 Å². The van der Waals surface area contributed by atoms with E-state index in [9.17, 15) is 4.79 Å². The lowest BCUT2D eigenvalue weighted by molar-refractivity contribution is 0.174. The minimum atomic E-state index is -0.641. The highest BCUT2D eigenvalue weighted by Gasteiger charge is 2.07. The lowest BCUT2D eigenvalue weighted by Crippen LogP contribution is -2.26. The summed E-state index contributed by atoms with van der Waals surface area (Å²) >= 11 is 0. The Kier molecular flexibility index (Phi) is 8.59. The molecule has 0 aliphatic rings. The molecule has 0 fully saturated rings. The number of carbonyl (C=O) groups is 1. The van der Waals surface area contributed by atoms with Crippen molar-refractivity contribution in [2.75, 3.05) is 0 Å². The summed E-state index contributed by atoms with van der Waals surface area (Å²) in [5.41, 5.74) is 0.928. The molecule has 5 heteroatoms. The fraction of sp³-hybridized carbons (Fsp3) is 0.222. The Bertz CT molecular complexity index is 602. The van der Waals surface area contributed by atoms with Gasteiger partial charge in [0.25, 0.3) is 0 Å². The van der Waals surface area contributed by atoms with E-state index in [1.54, 1.807) is 43.5 Å². The first-order valence-corrected chi connectivity index (χ1v) is 7.43. The molecule has 0 aromatic heterocycles. The average Bonchev–Trinajstić information content (AvgIpc) is 2.55. The van der Waals surface area contributed by atoms with Crippen LogP contribution in [0.5, 0.6) is 5.75 Å². The number of rotatable bonds is 7. The quantitative estimate of drug-likeness (QED) is 0.347. The first-order chi connectivity index (χ1) is 11.2. The maximum Gasteiger partial charge on any atom is 0.419 e. The normalized spacial score (nSPS) is 12.7. The Morgan fingerprint density at radius 3 is 2.61 bits per heavy atom. The highest BCUT2D eigenvalue weighted by atomic mass is 16.6. The summed E-state index contributed by atoms with van der Waals surface area (Å²) in [4.78, 5) is 16.9. The number of nitrogens with zero attached hydrogens (tertiary/aromatic N) is 1. The van der Waals surface area contributed by atoms with E-state index in [4.69, 9.17) is 9.57 Å². The van der Waals surface area contributed by atoms with Crippen molar-refractivity contribution in [1.82, 2.24) is 5.32 Å². The maximum atomic E-state index is 11.8. The second-order valence-corrected chi connectivity index (χ2v) is 4.42. The second-order valence-electron chi connectivity index (χ2n) is 4.42. The number of carbonyl (C=O) groups excluding carboxylic acids is 1. The molecule has 0 spiro atoms. The van der Waals surface area contributed by atoms with Gasteiger partial charge in [-0.3, -0.25) is 5.32 Å². The molecule has 0 saturated carbocycles. The van der Waals surface area contributed by atoms with Gasteiger partial charge in [-0.25, -0.2) is 4.79 Å². The Hall–Kier alpha value is -2.82. The third-order valence-corrected chi connectivity index (χ3v) is 2.59. The standard InChI is InChI=1S/C18H22N2O3/c1-4-10-15(11-5-2)14-19-23-17(6-3)20-18(21)22-16-12-8-7-9-13-16/h4,6-14H,5H2,1-3H3,(H,20,21)/b10-4-,15-11+,17-6-,19-14+. The van der Waals surface area contributed by atoms with Crippen LogP contribution in [-0.2, 0) is 4.84 Å². The molecule has 0 unspecified atom stereocenters. The van der Waals surface area contributed by atoms with Crippen LogP contribution in [0.15, 0.2) is 71.2 Å². The highest BCUT2D eigenvalue weighted by molar-refractivity contribution is 5.81. The number of allylic oxidation sites excluding steroid dienone is 5. The molecule has 0 saturated heterocycles. The zero-order chi connectivity index (χ0) is 16.9. The number of nitrogens with one attached hydrogen (secondary N) is 1. The second kappa shape index (κ2) is 10.8. The van der Waals surface area contributed by atoms with Crippen molar-refractivity contribution in [3.8, 4) is 5.75 Å². The molecule has 5 nitrogen and oxygen atoms in total. The van der Waals surface area contributed by atoms with Crippen molar-refractivity contribution in [3.05, 3.63) is 66.1 Å². The van der Waals surface area contributed by atoms with E-state index < -0.39 is 6.09 Å². The zero-order valence-electron chi connectivity index (χ0n) is 13.7. The van der Waals surface area contributed by atoms with Crippen LogP contribution in [0, 0.1) is 0 Å². The van der Waals surface area contributed by atoms with Gasteiger partial charge in [0.15, 0.2) is 0 Å². The van der Waals surface area contributed by atoms with Gasteiger partial charge in [0.2, 0.25) is 5.88 Å². The predicted octanol–water partition coefficient (Wildman–Crippen LogP) is 4.55. The number of oxime groups is 1. The smallest absolute Gasteiger partial charge is 0.410 e. The first-order valence-electron chi connectivity index (χ1n) is 7.43. The van der Waals surface area contributed by atoms with Gasteiger partial charge >= 0.3 is 6.09 Å². The van der Waals surface area contributed by atoms with Crippen LogP contribution in [0.4, 0.5) is 4.79 Å². The summed E-state index contributed by atoms with van der Waals surface area (Å²) in [6, 6.07) is 8.78. The van der Waals surface area contributed by atoms with Crippen LogP contribution < -0.4 is 10.1 Å². The van der Waals surface area contributed by atoms with Gasteiger partial charge in [0, 0.05) is 0 Å². The van der Waals surface area contributed by atoms with Crippen LogP contribution in [0.25, 0.3) is 0 Å². The minimum Gasteiger partial charge on any atom is -0.410 e. The third kappa shape index (κ3) is 7.66. The molecule has 0 aliphatic heterocycles. The van der Waals surface area contributed by atoms with Gasteiger partial charge in [0.1, 0.15) is 5.75 Å². The lowest BCUT2D eigenvalue weighted by atomic mass is 10.2. The molecule has 0 aliphatic carbocycles. The molecule has 1 N–H and O–H groups in total. The number of para-hydroxylation sites is 1. The zero-order valence-corrected chi connectivity index (χ0v) is 13.7. The Labute approximate surface area is 137 Å². The van der Waals surface area contributed by atoms with E-state index in [1.165, 1.54) is 0 Å². The van der Waals surface area contributed by atoms with Crippen LogP contribution >= 0.6 is 0 Å². The van der Waals surface area contributed by atoms with E-state index in [1.807, 2.05) is 38.1 Å². The first kappa shape index (κ1) is 18.2. The third-order valence-electron chi connectivity index (χ3n) is 2.59. The molecule has 1 rings (SSSR count). The fourth-order valence-electron chi connectivity index (χ4n) is 1.61. The lowest BCUT2D eigenvalue weighted by Gasteiger charge is -2.07. The molecule has 0 atom stereocenters. The molecule has 1 aromatic carbocycles. The molecule has 1 amide bonds. The summed E-state index contributed by atoms with van der Waals surface area (Å²) in [5, 5.41) is 6.34. The van der Waals surface area contributed by atoms with Crippen molar-refractivity contribution < 1.29 is 14.4 Å². The summed E-state index contributed by atoms with van der Waals surface area (Å²) < 4.78 is 5.11. The largest absolute Gasteiger partial charge is 0.419 e. The maximum absolute atomic E-state index is 11.8. The fourth-order valence-corrected chi connectivity index (χ4v) is 1.61. The van der Waals surface area contributed by atoms with Gasteiger partial charge in [-0.2, -0.15) is 0 Å². The Balaban J connectivity index is 2.54. The van der Waals surface area contributed by atoms with Crippen LogP contribution in [0.3, 0.4) is 0 Å². The number of hydrogen-bond acceptors (Lipinski definition) is 4. The molecule has 0 bridgehead atoms. The molecule has 1 aromatic rings. The molecule has 0 radical (unpaired) electrons. The van der Waals surface area contributed by atoms with Gasteiger partial charge < -0.3 is 9.57 Å². The molecule has 0 heterocycles. The summed E-state index contributed by atoms with van der Waals surface area (Å²) in [6.45, 7) is 5.69. The topological polar surface area (TPSA) is 59.9 Å². The number of amides is 1. The summed E-state index contributed by atoms with van der Waals surface area (Å²) in [7, 11) is 0. The van der Waals surface area contributed by atoms with E-state index >= 15 is 0 Å². The minimum absolute atomic E-state index is 0.193. The molecule has 23 heavy (non-hydrogen) atoms. The summed E-state index contributed by atoms with van der Waals surface area (Å²) in [5.74, 6) is 0.642. The Morgan fingerprint density at radius 2 is 2.00 bits per heavy atom. The SMILES string of the molecule is C\C=C/C(/C=N/O/C(=C\C)NC(=O)Oc1ccccc1)=C\CC. The van der Waals surface area contributed by atoms with E-state index in [0.29, 0.717) is 5.75 Å². The number of ether oxygens (including phenoxy) is 1.